The molecule has 1 amide bonds. The third-order valence-corrected chi connectivity index (χ3v) is 8.72. The van der Waals surface area contributed by atoms with Gasteiger partial charge in [0.25, 0.3) is 5.91 Å². The summed E-state index contributed by atoms with van der Waals surface area (Å²) in [6, 6.07) is 10.8. The van der Waals surface area contributed by atoms with Crippen LogP contribution in [-0.2, 0) is 18.9 Å². The number of hydrogen-bond donors (Lipinski definition) is 0. The zero-order valence-electron chi connectivity index (χ0n) is 23.7. The zero-order chi connectivity index (χ0) is 30.5. The van der Waals surface area contributed by atoms with E-state index in [2.05, 4.69) is 4.74 Å². The molecule has 4 aliphatic rings. The Labute approximate surface area is 250 Å². The maximum atomic E-state index is 16.0. The molecule has 7 rings (SSSR count). The van der Waals surface area contributed by atoms with Crippen LogP contribution in [0.25, 0.3) is 0 Å². The van der Waals surface area contributed by atoms with Gasteiger partial charge in [-0.3, -0.25) is 19.3 Å². The summed E-state index contributed by atoms with van der Waals surface area (Å²) in [6.07, 6.45) is 0.493. The van der Waals surface area contributed by atoms with E-state index in [0.717, 1.165) is 24.3 Å². The highest BCUT2D eigenvalue weighted by atomic mass is 19.2. The highest BCUT2D eigenvalue weighted by molar-refractivity contribution is 5.96. The normalized spacial score (nSPS) is 23.8. The summed E-state index contributed by atoms with van der Waals surface area (Å²) in [7, 11) is 1.12. The van der Waals surface area contributed by atoms with Crippen LogP contribution in [0.1, 0.15) is 63.6 Å². The van der Waals surface area contributed by atoms with Crippen LogP contribution in [0.15, 0.2) is 53.5 Å². The number of benzene rings is 2. The smallest absolute Gasteiger partial charge is 0.451 e. The van der Waals surface area contributed by atoms with E-state index in [1.807, 2.05) is 29.3 Å². The van der Waals surface area contributed by atoms with Crippen LogP contribution >= 0.6 is 0 Å². The summed E-state index contributed by atoms with van der Waals surface area (Å²) < 4.78 is 59.4. The molecule has 3 aromatic rings. The Bertz CT molecular complexity index is 1700. The van der Waals surface area contributed by atoms with Crippen molar-refractivity contribution in [3.05, 3.63) is 98.5 Å². The van der Waals surface area contributed by atoms with Crippen molar-refractivity contribution in [2.45, 2.75) is 37.1 Å². The molecule has 0 radical (unpaired) electrons. The van der Waals surface area contributed by atoms with Gasteiger partial charge in [-0.2, -0.15) is 0 Å². The van der Waals surface area contributed by atoms with Crippen LogP contribution < -0.4 is 15.2 Å². The maximum absolute atomic E-state index is 16.0. The van der Waals surface area contributed by atoms with Gasteiger partial charge < -0.3 is 28.6 Å². The van der Waals surface area contributed by atoms with Gasteiger partial charge in [0.15, 0.2) is 17.3 Å². The van der Waals surface area contributed by atoms with Crippen LogP contribution in [0.2, 0.25) is 0 Å². The van der Waals surface area contributed by atoms with Crippen molar-refractivity contribution in [2.24, 2.45) is 0 Å². The highest BCUT2D eigenvalue weighted by Gasteiger charge is 2.49. The Morgan fingerprint density at radius 2 is 1.86 bits per heavy atom. The predicted octanol–water partition coefficient (Wildman–Crippen LogP) is 3.73. The van der Waals surface area contributed by atoms with E-state index in [1.165, 1.54) is 16.9 Å². The van der Waals surface area contributed by atoms with Crippen LogP contribution in [-0.4, -0.2) is 68.1 Å². The van der Waals surface area contributed by atoms with E-state index in [-0.39, 0.29) is 36.8 Å². The van der Waals surface area contributed by atoms with Gasteiger partial charge in [-0.05, 0) is 35.6 Å². The van der Waals surface area contributed by atoms with E-state index in [9.17, 15) is 18.8 Å². The fourth-order valence-corrected chi connectivity index (χ4v) is 6.91. The molecule has 4 heterocycles. The largest absolute Gasteiger partial charge is 0.510 e. The van der Waals surface area contributed by atoms with Crippen molar-refractivity contribution < 1.29 is 42.1 Å². The zero-order valence-corrected chi connectivity index (χ0v) is 23.7. The molecule has 2 unspecified atom stereocenters. The topological polar surface area (TPSA) is 109 Å². The Kier molecular flexibility index (Phi) is 7.21. The second kappa shape index (κ2) is 11.2. The number of hydrogen-bond acceptors (Lipinski definition) is 9. The highest BCUT2D eigenvalue weighted by Crippen LogP contribution is 2.52. The number of amides is 1. The monoisotopic (exact) mass is 609 g/mol. The molecule has 3 aliphatic heterocycles. The van der Waals surface area contributed by atoms with Crippen LogP contribution in [0, 0.1) is 11.6 Å². The van der Waals surface area contributed by atoms with Crippen molar-refractivity contribution in [1.82, 2.24) is 9.58 Å². The second-order valence-electron chi connectivity index (χ2n) is 10.9. The van der Waals surface area contributed by atoms with Crippen molar-refractivity contribution in [2.75, 3.05) is 45.3 Å². The molecule has 2 saturated heterocycles. The van der Waals surface area contributed by atoms with Crippen molar-refractivity contribution >= 4 is 12.1 Å². The lowest BCUT2D eigenvalue weighted by Crippen LogP contribution is -2.66. The number of fused-ring (bicyclic) bond motifs is 7. The van der Waals surface area contributed by atoms with Gasteiger partial charge in [-0.1, -0.05) is 30.3 Å². The minimum absolute atomic E-state index is 0.108. The van der Waals surface area contributed by atoms with Crippen molar-refractivity contribution in [1.29, 1.82) is 0 Å². The van der Waals surface area contributed by atoms with Gasteiger partial charge in [0.2, 0.25) is 18.0 Å². The molecule has 4 atom stereocenters. The molecule has 1 aromatic heterocycles. The van der Waals surface area contributed by atoms with Crippen molar-refractivity contribution in [3.8, 4) is 5.75 Å². The molecule has 11 nitrogen and oxygen atoms in total. The second-order valence-corrected chi connectivity index (χ2v) is 10.9. The number of pyridine rings is 1. The van der Waals surface area contributed by atoms with Gasteiger partial charge in [-0.25, -0.2) is 13.6 Å². The average Bonchev–Trinajstić information content (AvgIpc) is 3.17. The van der Waals surface area contributed by atoms with Crippen LogP contribution in [0.5, 0.6) is 5.75 Å². The maximum Gasteiger partial charge on any atom is 0.510 e. The lowest BCUT2D eigenvalue weighted by molar-refractivity contribution is -0.0209. The van der Waals surface area contributed by atoms with E-state index >= 15 is 4.39 Å². The number of carbonyl (C=O) groups is 2. The molecule has 0 saturated carbocycles. The van der Waals surface area contributed by atoms with Gasteiger partial charge in [-0.15, -0.1) is 0 Å². The van der Waals surface area contributed by atoms with Gasteiger partial charge in [0, 0.05) is 36.9 Å². The first-order valence-corrected chi connectivity index (χ1v) is 14.4. The molecule has 44 heavy (non-hydrogen) atoms. The standard InChI is InChI=1S/C31H29F2N3O8/c1-40-31(39)44-16-43-29-22(37)10-11-35-27(29)30(38)34-12-14-41-15-23(34)36(35)26-17-5-2-3-6-18(17)28-20(7-4-13-42-28)24-19(26)8-9-21(32)25(24)33/h2-3,5-6,8-11,20,23,26,28H,4,7,12-16H2,1H3/t20?,23-,26-,28?/m1/s1. The summed E-state index contributed by atoms with van der Waals surface area (Å²) in [5.74, 6) is -3.17. The number of nitrogens with zero attached hydrogens (tertiary/aromatic N) is 3. The number of aromatic nitrogens is 1. The summed E-state index contributed by atoms with van der Waals surface area (Å²) in [5.41, 5.74) is 1.61. The summed E-state index contributed by atoms with van der Waals surface area (Å²) in [5, 5.41) is 1.84. The molecular weight excluding hydrogens is 580 g/mol. The summed E-state index contributed by atoms with van der Waals surface area (Å²) in [4.78, 5) is 40.2. The Balaban J connectivity index is 1.48. The fraction of sp³-hybridized carbons (Fsp3) is 0.387. The Morgan fingerprint density at radius 1 is 1.05 bits per heavy atom. The molecule has 0 spiro atoms. The van der Waals surface area contributed by atoms with Crippen LogP contribution in [0.4, 0.5) is 13.6 Å². The van der Waals surface area contributed by atoms with Crippen molar-refractivity contribution in [3.63, 3.8) is 0 Å². The average molecular weight is 610 g/mol. The number of halogens is 2. The number of methoxy groups -OCH3 is 1. The third kappa shape index (κ3) is 4.41. The minimum atomic E-state index is -1.03. The van der Waals surface area contributed by atoms with E-state index in [0.29, 0.717) is 25.0 Å². The van der Waals surface area contributed by atoms with Crippen LogP contribution in [0.3, 0.4) is 0 Å². The molecule has 0 bridgehead atoms. The van der Waals surface area contributed by atoms with E-state index in [4.69, 9.17) is 18.9 Å². The van der Waals surface area contributed by atoms with Gasteiger partial charge in [0.1, 0.15) is 6.17 Å². The quantitative estimate of drug-likeness (QED) is 0.323. The van der Waals surface area contributed by atoms with Gasteiger partial charge >= 0.3 is 6.16 Å². The lowest BCUT2D eigenvalue weighted by atomic mass is 9.83. The SMILES string of the molecule is COC(=O)OCOc1c2n(ccc1=O)N([C@@H]1c3ccccc3C3OCCCC3c3c1ccc(F)c3F)[C@@H]1COCCN1C2=O. The Hall–Kier alpha value is -4.49. The minimum Gasteiger partial charge on any atom is -0.451 e. The molecule has 1 aliphatic carbocycles. The molecule has 2 aromatic carbocycles. The lowest BCUT2D eigenvalue weighted by Gasteiger charge is -2.51. The number of rotatable bonds is 4. The number of ether oxygens (including phenoxy) is 5. The Morgan fingerprint density at radius 3 is 2.68 bits per heavy atom. The molecule has 13 heteroatoms. The molecule has 2 fully saturated rings. The van der Waals surface area contributed by atoms with Gasteiger partial charge in [0.05, 0.1) is 32.5 Å². The number of carbonyl (C=O) groups excluding carboxylic acids is 2. The molecule has 230 valence electrons. The molecule has 0 N–H and O–H groups in total. The third-order valence-electron chi connectivity index (χ3n) is 8.72. The van der Waals surface area contributed by atoms with E-state index < -0.39 is 60.1 Å². The first-order valence-electron chi connectivity index (χ1n) is 14.4. The summed E-state index contributed by atoms with van der Waals surface area (Å²) in [6.45, 7) is 0.366. The first kappa shape index (κ1) is 28.3. The van der Waals surface area contributed by atoms with E-state index in [1.54, 1.807) is 11.0 Å². The predicted molar refractivity (Wildman–Crippen MR) is 149 cm³/mol. The molecular formula is C31H29F2N3O8. The number of morpholine rings is 1. The fourth-order valence-electron chi connectivity index (χ4n) is 6.91. The summed E-state index contributed by atoms with van der Waals surface area (Å²) >= 11 is 0. The first-order chi connectivity index (χ1) is 21.4.